The van der Waals surface area contributed by atoms with Crippen molar-refractivity contribution in [1.29, 1.82) is 0 Å². The first-order chi connectivity index (χ1) is 15.7. The lowest BCUT2D eigenvalue weighted by atomic mass is 10.1. The number of nitrogens with zero attached hydrogens (tertiary/aromatic N) is 4. The van der Waals surface area contributed by atoms with Crippen LogP contribution in [0, 0.1) is 24.0 Å². The summed E-state index contributed by atoms with van der Waals surface area (Å²) >= 11 is 0. The summed E-state index contributed by atoms with van der Waals surface area (Å²) in [6.07, 6.45) is 1.36. The molecule has 0 unspecified atom stereocenters. The van der Waals surface area contributed by atoms with Crippen molar-refractivity contribution in [3.8, 4) is 11.5 Å². The number of nitro groups is 1. The Morgan fingerprint density at radius 3 is 2.64 bits per heavy atom. The van der Waals surface area contributed by atoms with Crippen LogP contribution in [-0.4, -0.2) is 39.4 Å². The number of rotatable bonds is 8. The highest BCUT2D eigenvalue weighted by atomic mass is 16.6. The number of esters is 1. The van der Waals surface area contributed by atoms with E-state index >= 15 is 0 Å². The van der Waals surface area contributed by atoms with E-state index in [0.29, 0.717) is 11.3 Å². The summed E-state index contributed by atoms with van der Waals surface area (Å²) in [6, 6.07) is 7.82. The quantitative estimate of drug-likeness (QED) is 0.179. The maximum Gasteiger partial charge on any atom is 0.379 e. The highest BCUT2D eigenvalue weighted by molar-refractivity contribution is 6.00. The number of hydrogen-bond acceptors (Lipinski definition) is 9. The molecule has 1 amide bonds. The van der Waals surface area contributed by atoms with Gasteiger partial charge in [0.15, 0.2) is 11.5 Å². The number of methoxy groups -OCH3 is 1. The van der Waals surface area contributed by atoms with E-state index in [-0.39, 0.29) is 40.9 Å². The fourth-order valence-corrected chi connectivity index (χ4v) is 3.01. The molecule has 3 aromatic rings. The Balaban J connectivity index is 1.69. The Labute approximate surface area is 187 Å². The van der Waals surface area contributed by atoms with Crippen molar-refractivity contribution in [3.05, 3.63) is 69.4 Å². The van der Waals surface area contributed by atoms with Crippen molar-refractivity contribution in [2.75, 3.05) is 7.11 Å². The molecule has 0 saturated heterocycles. The van der Waals surface area contributed by atoms with Gasteiger partial charge in [0, 0.05) is 5.56 Å². The number of furan rings is 1. The number of hydrazone groups is 1. The molecule has 0 saturated carbocycles. The lowest BCUT2D eigenvalue weighted by molar-refractivity contribution is -0.386. The van der Waals surface area contributed by atoms with Crippen molar-refractivity contribution in [2.45, 2.75) is 27.3 Å². The van der Waals surface area contributed by atoms with Crippen LogP contribution in [0.25, 0.3) is 0 Å². The second-order valence-corrected chi connectivity index (χ2v) is 6.90. The molecule has 2 heterocycles. The average molecular weight is 455 g/mol. The molecule has 1 aromatic carbocycles. The van der Waals surface area contributed by atoms with Crippen LogP contribution >= 0.6 is 0 Å². The average Bonchev–Trinajstić information content (AvgIpc) is 3.40. The molecular weight excluding hydrogens is 434 g/mol. The molecule has 2 aromatic heterocycles. The molecule has 0 bridgehead atoms. The van der Waals surface area contributed by atoms with E-state index in [1.807, 2.05) is 0 Å². The third kappa shape index (κ3) is 5.23. The lowest BCUT2D eigenvalue weighted by Crippen LogP contribution is -2.25. The van der Waals surface area contributed by atoms with E-state index in [0.717, 1.165) is 0 Å². The number of aryl methyl sites for hydroxylation is 1. The minimum atomic E-state index is -0.673. The summed E-state index contributed by atoms with van der Waals surface area (Å²) < 4.78 is 16.8. The van der Waals surface area contributed by atoms with Crippen molar-refractivity contribution in [1.82, 2.24) is 15.2 Å². The fraction of sp³-hybridized carbons (Fsp3) is 0.238. The second kappa shape index (κ2) is 9.77. The number of carbonyl (C=O) groups is 2. The molecule has 1 N–H and O–H groups in total. The van der Waals surface area contributed by atoms with Gasteiger partial charge < -0.3 is 13.9 Å². The maximum absolute atomic E-state index is 12.3. The Morgan fingerprint density at radius 1 is 1.27 bits per heavy atom. The van der Waals surface area contributed by atoms with E-state index in [1.54, 1.807) is 25.1 Å². The van der Waals surface area contributed by atoms with E-state index in [1.165, 1.54) is 44.0 Å². The zero-order chi connectivity index (χ0) is 24.1. The lowest BCUT2D eigenvalue weighted by Gasteiger charge is -2.10. The van der Waals surface area contributed by atoms with Gasteiger partial charge in [-0.05, 0) is 51.1 Å². The summed E-state index contributed by atoms with van der Waals surface area (Å²) in [5, 5.41) is 19.2. The Bertz CT molecular complexity index is 1230. The first kappa shape index (κ1) is 23.2. The van der Waals surface area contributed by atoms with Gasteiger partial charge in [0.1, 0.15) is 17.9 Å². The Hall–Kier alpha value is -4.48. The monoisotopic (exact) mass is 455 g/mol. The van der Waals surface area contributed by atoms with Crippen LogP contribution < -0.4 is 14.9 Å². The molecule has 12 nitrogen and oxygen atoms in total. The van der Waals surface area contributed by atoms with Crippen molar-refractivity contribution < 1.29 is 28.4 Å². The number of benzene rings is 1. The van der Waals surface area contributed by atoms with Crippen LogP contribution in [0.2, 0.25) is 0 Å². The van der Waals surface area contributed by atoms with E-state index in [9.17, 15) is 19.7 Å². The summed E-state index contributed by atoms with van der Waals surface area (Å²) in [5.74, 6) is -0.665. The first-order valence-electron chi connectivity index (χ1n) is 9.67. The summed E-state index contributed by atoms with van der Waals surface area (Å²) in [7, 11) is 1.42. The van der Waals surface area contributed by atoms with Gasteiger partial charge in [-0.2, -0.15) is 10.2 Å². The molecule has 0 aliphatic heterocycles. The van der Waals surface area contributed by atoms with Gasteiger partial charge >= 0.3 is 11.7 Å². The van der Waals surface area contributed by atoms with Gasteiger partial charge in [0.25, 0.3) is 5.91 Å². The SMILES string of the molecule is COc1cc(/C(C)=N/NC(=O)Cn2nc(C)c([N+](=O)[O-])c2C)ccc1OC(=O)c1ccco1. The van der Waals surface area contributed by atoms with E-state index in [4.69, 9.17) is 13.9 Å². The van der Waals surface area contributed by atoms with Gasteiger partial charge in [0.05, 0.1) is 24.0 Å². The smallest absolute Gasteiger partial charge is 0.379 e. The fourth-order valence-electron chi connectivity index (χ4n) is 3.01. The normalized spacial score (nSPS) is 11.2. The number of nitrogens with one attached hydrogen (secondary N) is 1. The second-order valence-electron chi connectivity index (χ2n) is 6.90. The van der Waals surface area contributed by atoms with Gasteiger partial charge in [-0.25, -0.2) is 10.2 Å². The third-order valence-corrected chi connectivity index (χ3v) is 4.67. The molecule has 3 rings (SSSR count). The molecule has 0 spiro atoms. The first-order valence-corrected chi connectivity index (χ1v) is 9.67. The molecule has 0 aliphatic carbocycles. The molecule has 12 heteroatoms. The zero-order valence-corrected chi connectivity index (χ0v) is 18.3. The van der Waals surface area contributed by atoms with Gasteiger partial charge in [0.2, 0.25) is 5.76 Å². The number of hydrogen-bond donors (Lipinski definition) is 1. The standard InChI is InChI=1S/C21H21N5O7/c1-12(22-23-19(27)11-25-14(3)20(26(29)30)13(2)24-25)15-7-8-16(18(10-15)31-4)33-21(28)17-6-5-9-32-17/h5-10H,11H2,1-4H3,(H,23,27)/b22-12+. The minimum absolute atomic E-state index is 0.0505. The predicted octanol–water partition coefficient (Wildman–Crippen LogP) is 2.77. The highest BCUT2D eigenvalue weighted by Gasteiger charge is 2.22. The van der Waals surface area contributed by atoms with Crippen LogP contribution in [0.5, 0.6) is 11.5 Å². The molecular formula is C21H21N5O7. The number of aromatic nitrogens is 2. The minimum Gasteiger partial charge on any atom is -0.493 e. The largest absolute Gasteiger partial charge is 0.493 e. The van der Waals surface area contributed by atoms with Crippen LogP contribution in [-0.2, 0) is 11.3 Å². The van der Waals surface area contributed by atoms with Crippen molar-refractivity contribution >= 4 is 23.3 Å². The van der Waals surface area contributed by atoms with Gasteiger partial charge in [-0.1, -0.05) is 0 Å². The molecule has 33 heavy (non-hydrogen) atoms. The van der Waals surface area contributed by atoms with Gasteiger partial charge in [-0.3, -0.25) is 19.6 Å². The van der Waals surface area contributed by atoms with Crippen LogP contribution in [0.15, 0.2) is 46.1 Å². The van der Waals surface area contributed by atoms with Crippen LogP contribution in [0.4, 0.5) is 5.69 Å². The molecule has 0 atom stereocenters. The summed E-state index contributed by atoms with van der Waals surface area (Å²) in [4.78, 5) is 34.9. The molecule has 172 valence electrons. The van der Waals surface area contributed by atoms with Gasteiger partial charge in [-0.15, -0.1) is 0 Å². The molecule has 0 radical (unpaired) electrons. The number of carbonyl (C=O) groups excluding carboxylic acids is 2. The van der Waals surface area contributed by atoms with Crippen molar-refractivity contribution in [2.24, 2.45) is 5.10 Å². The van der Waals surface area contributed by atoms with Crippen molar-refractivity contribution in [3.63, 3.8) is 0 Å². The topological polar surface area (TPSA) is 151 Å². The third-order valence-electron chi connectivity index (χ3n) is 4.67. The Morgan fingerprint density at radius 2 is 2.03 bits per heavy atom. The summed E-state index contributed by atoms with van der Waals surface area (Å²) in [6.45, 7) is 4.46. The highest BCUT2D eigenvalue weighted by Crippen LogP contribution is 2.29. The van der Waals surface area contributed by atoms with E-state index in [2.05, 4.69) is 15.6 Å². The molecule has 0 aliphatic rings. The maximum atomic E-state index is 12.3. The molecule has 0 fully saturated rings. The van der Waals surface area contributed by atoms with Crippen LogP contribution in [0.1, 0.15) is 34.4 Å². The summed E-state index contributed by atoms with van der Waals surface area (Å²) in [5.41, 5.74) is 3.83. The zero-order valence-electron chi connectivity index (χ0n) is 18.3. The van der Waals surface area contributed by atoms with E-state index < -0.39 is 16.8 Å². The number of amides is 1. The number of ether oxygens (including phenoxy) is 2. The predicted molar refractivity (Wildman–Crippen MR) is 115 cm³/mol. The van der Waals surface area contributed by atoms with Crippen LogP contribution in [0.3, 0.4) is 0 Å². The Kier molecular flexibility index (Phi) is 6.86.